The first kappa shape index (κ1) is 16.4. The molecule has 0 radical (unpaired) electrons. The van der Waals surface area contributed by atoms with Crippen molar-refractivity contribution in [3.8, 4) is 0 Å². The zero-order chi connectivity index (χ0) is 15.0. The molecule has 0 aromatic carbocycles. The SMILES string of the molecule is CC(=O)NCCNC(=O)CN1CCOC(CC(=O)O)C1. The summed E-state index contributed by atoms with van der Waals surface area (Å²) in [7, 11) is 0. The van der Waals surface area contributed by atoms with Crippen LogP contribution in [0.1, 0.15) is 13.3 Å². The van der Waals surface area contributed by atoms with Crippen molar-refractivity contribution in [3.05, 3.63) is 0 Å². The average Bonchev–Trinajstić information content (AvgIpc) is 2.34. The first-order chi connectivity index (χ1) is 9.47. The number of carboxylic acid groups (broad SMARTS) is 1. The van der Waals surface area contributed by atoms with Crippen LogP contribution >= 0.6 is 0 Å². The van der Waals surface area contributed by atoms with E-state index in [-0.39, 0.29) is 30.9 Å². The number of morpholine rings is 1. The Morgan fingerprint density at radius 3 is 2.65 bits per heavy atom. The van der Waals surface area contributed by atoms with Crippen LogP contribution in [0.15, 0.2) is 0 Å². The molecule has 1 unspecified atom stereocenters. The number of carbonyl (C=O) groups excluding carboxylic acids is 2. The van der Waals surface area contributed by atoms with Crippen LogP contribution in [0, 0.1) is 0 Å². The van der Waals surface area contributed by atoms with Crippen molar-refractivity contribution in [3.63, 3.8) is 0 Å². The number of nitrogens with one attached hydrogen (secondary N) is 2. The van der Waals surface area contributed by atoms with Crippen LogP contribution < -0.4 is 10.6 Å². The fourth-order valence-corrected chi connectivity index (χ4v) is 1.94. The molecular weight excluding hydrogens is 266 g/mol. The molecule has 1 rings (SSSR count). The highest BCUT2D eigenvalue weighted by atomic mass is 16.5. The van der Waals surface area contributed by atoms with E-state index in [9.17, 15) is 14.4 Å². The quantitative estimate of drug-likeness (QED) is 0.487. The zero-order valence-electron chi connectivity index (χ0n) is 11.6. The van der Waals surface area contributed by atoms with Crippen molar-refractivity contribution in [2.45, 2.75) is 19.4 Å². The lowest BCUT2D eigenvalue weighted by Crippen LogP contribution is -2.48. The average molecular weight is 287 g/mol. The molecule has 1 atom stereocenters. The summed E-state index contributed by atoms with van der Waals surface area (Å²) in [5.41, 5.74) is 0. The van der Waals surface area contributed by atoms with Gasteiger partial charge in [-0.2, -0.15) is 0 Å². The highest BCUT2D eigenvalue weighted by molar-refractivity contribution is 5.78. The van der Waals surface area contributed by atoms with Gasteiger partial charge in [0.05, 0.1) is 25.7 Å². The van der Waals surface area contributed by atoms with Gasteiger partial charge in [0.1, 0.15) is 0 Å². The van der Waals surface area contributed by atoms with Crippen molar-refractivity contribution in [2.75, 3.05) is 39.3 Å². The molecule has 0 spiro atoms. The van der Waals surface area contributed by atoms with E-state index in [0.717, 1.165) is 0 Å². The number of nitrogens with zero attached hydrogens (tertiary/aromatic N) is 1. The monoisotopic (exact) mass is 287 g/mol. The fourth-order valence-electron chi connectivity index (χ4n) is 1.94. The van der Waals surface area contributed by atoms with Gasteiger partial charge in [0, 0.05) is 33.1 Å². The summed E-state index contributed by atoms with van der Waals surface area (Å²) in [5, 5.41) is 14.0. The van der Waals surface area contributed by atoms with E-state index in [1.807, 2.05) is 4.90 Å². The van der Waals surface area contributed by atoms with Crippen molar-refractivity contribution < 1.29 is 24.2 Å². The number of hydrogen-bond acceptors (Lipinski definition) is 5. The third kappa shape index (κ3) is 7.05. The van der Waals surface area contributed by atoms with Gasteiger partial charge in [0.25, 0.3) is 0 Å². The Morgan fingerprint density at radius 2 is 2.00 bits per heavy atom. The molecule has 2 amide bonds. The molecule has 0 aliphatic carbocycles. The second kappa shape index (κ2) is 8.49. The minimum absolute atomic E-state index is 0.0549. The predicted octanol–water partition coefficient (Wildman–Crippen LogP) is -1.59. The van der Waals surface area contributed by atoms with Gasteiger partial charge in [-0.3, -0.25) is 19.3 Å². The molecule has 0 aromatic rings. The molecule has 8 heteroatoms. The molecule has 20 heavy (non-hydrogen) atoms. The van der Waals surface area contributed by atoms with E-state index >= 15 is 0 Å². The topological polar surface area (TPSA) is 108 Å². The lowest BCUT2D eigenvalue weighted by atomic mass is 10.2. The van der Waals surface area contributed by atoms with Crippen LogP contribution in [0.2, 0.25) is 0 Å². The van der Waals surface area contributed by atoms with E-state index in [1.54, 1.807) is 0 Å². The zero-order valence-corrected chi connectivity index (χ0v) is 11.6. The molecule has 1 heterocycles. The lowest BCUT2D eigenvalue weighted by Gasteiger charge is -2.31. The van der Waals surface area contributed by atoms with Crippen LogP contribution in [-0.2, 0) is 19.1 Å². The molecule has 0 aromatic heterocycles. The Morgan fingerprint density at radius 1 is 1.30 bits per heavy atom. The molecule has 1 saturated heterocycles. The number of amides is 2. The number of carbonyl (C=O) groups is 3. The number of hydrogen-bond donors (Lipinski definition) is 3. The summed E-state index contributed by atoms with van der Waals surface area (Å²) in [6.45, 7) is 3.86. The molecular formula is C12H21N3O5. The summed E-state index contributed by atoms with van der Waals surface area (Å²) in [4.78, 5) is 34.8. The molecule has 1 fully saturated rings. The third-order valence-electron chi connectivity index (χ3n) is 2.81. The van der Waals surface area contributed by atoms with Crippen molar-refractivity contribution >= 4 is 17.8 Å². The van der Waals surface area contributed by atoms with Gasteiger partial charge in [-0.25, -0.2) is 0 Å². The van der Waals surface area contributed by atoms with E-state index in [0.29, 0.717) is 32.8 Å². The first-order valence-corrected chi connectivity index (χ1v) is 6.54. The minimum Gasteiger partial charge on any atom is -0.481 e. The second-order valence-corrected chi connectivity index (χ2v) is 4.66. The number of ether oxygens (including phenoxy) is 1. The highest BCUT2D eigenvalue weighted by Gasteiger charge is 2.23. The van der Waals surface area contributed by atoms with Crippen LogP contribution in [0.4, 0.5) is 0 Å². The van der Waals surface area contributed by atoms with Gasteiger partial charge < -0.3 is 20.5 Å². The normalized spacial score (nSPS) is 19.4. The van der Waals surface area contributed by atoms with Gasteiger partial charge in [-0.05, 0) is 0 Å². The standard InChI is InChI=1S/C12H21N3O5/c1-9(16)13-2-3-14-11(17)8-15-4-5-20-10(7-15)6-12(18)19/h10H,2-8H2,1H3,(H,13,16)(H,14,17)(H,18,19). The first-order valence-electron chi connectivity index (χ1n) is 6.54. The molecule has 0 bridgehead atoms. The summed E-state index contributed by atoms with van der Waals surface area (Å²) in [6.07, 6.45) is -0.422. The van der Waals surface area contributed by atoms with Gasteiger partial charge in [0.15, 0.2) is 0 Å². The molecule has 8 nitrogen and oxygen atoms in total. The Bertz CT molecular complexity index is 361. The maximum atomic E-state index is 11.7. The maximum Gasteiger partial charge on any atom is 0.306 e. The Kier molecular flexibility index (Phi) is 6.96. The predicted molar refractivity (Wildman–Crippen MR) is 70.1 cm³/mol. The fraction of sp³-hybridized carbons (Fsp3) is 0.750. The number of aliphatic carboxylic acids is 1. The summed E-state index contributed by atoms with van der Waals surface area (Å²) in [6, 6.07) is 0. The molecule has 1 aliphatic heterocycles. The van der Waals surface area contributed by atoms with E-state index in [2.05, 4.69) is 10.6 Å². The van der Waals surface area contributed by atoms with Crippen molar-refractivity contribution in [1.82, 2.24) is 15.5 Å². The van der Waals surface area contributed by atoms with E-state index < -0.39 is 5.97 Å². The van der Waals surface area contributed by atoms with Gasteiger partial charge in [-0.15, -0.1) is 0 Å². The summed E-state index contributed by atoms with van der Waals surface area (Å²) < 4.78 is 5.32. The van der Waals surface area contributed by atoms with Gasteiger partial charge >= 0.3 is 5.97 Å². The molecule has 3 N–H and O–H groups in total. The third-order valence-corrected chi connectivity index (χ3v) is 2.81. The van der Waals surface area contributed by atoms with E-state index in [1.165, 1.54) is 6.92 Å². The summed E-state index contributed by atoms with van der Waals surface area (Å²) in [5.74, 6) is -1.19. The van der Waals surface area contributed by atoms with Crippen LogP contribution in [0.5, 0.6) is 0 Å². The Balaban J connectivity index is 2.20. The van der Waals surface area contributed by atoms with Gasteiger partial charge in [0.2, 0.25) is 11.8 Å². The lowest BCUT2D eigenvalue weighted by molar-refractivity contribution is -0.142. The Hall–Kier alpha value is -1.67. The number of rotatable bonds is 7. The van der Waals surface area contributed by atoms with Crippen molar-refractivity contribution in [2.24, 2.45) is 0 Å². The number of carboxylic acids is 1. The van der Waals surface area contributed by atoms with Crippen LogP contribution in [0.25, 0.3) is 0 Å². The molecule has 1 aliphatic rings. The van der Waals surface area contributed by atoms with Crippen LogP contribution in [0.3, 0.4) is 0 Å². The summed E-state index contributed by atoms with van der Waals surface area (Å²) >= 11 is 0. The highest BCUT2D eigenvalue weighted by Crippen LogP contribution is 2.08. The van der Waals surface area contributed by atoms with Crippen LogP contribution in [-0.4, -0.2) is 73.2 Å². The van der Waals surface area contributed by atoms with E-state index in [4.69, 9.17) is 9.84 Å². The second-order valence-electron chi connectivity index (χ2n) is 4.66. The van der Waals surface area contributed by atoms with Crippen molar-refractivity contribution in [1.29, 1.82) is 0 Å². The van der Waals surface area contributed by atoms with Gasteiger partial charge in [-0.1, -0.05) is 0 Å². The minimum atomic E-state index is -0.906. The smallest absolute Gasteiger partial charge is 0.306 e. The Labute approximate surface area is 117 Å². The molecule has 114 valence electrons. The molecule has 0 saturated carbocycles. The largest absolute Gasteiger partial charge is 0.481 e. The maximum absolute atomic E-state index is 11.7.